The summed E-state index contributed by atoms with van der Waals surface area (Å²) >= 11 is 0. The summed E-state index contributed by atoms with van der Waals surface area (Å²) in [4.78, 5) is 26.2. The molecule has 0 aliphatic carbocycles. The number of carbonyl (C=O) groups excluding carboxylic acids is 2. The van der Waals surface area contributed by atoms with Gasteiger partial charge in [-0.05, 0) is 19.3 Å². The van der Waals surface area contributed by atoms with E-state index in [1.807, 2.05) is 11.8 Å². The molecule has 0 saturated carbocycles. The molecule has 0 fully saturated rings. The quantitative estimate of drug-likeness (QED) is 0.0417. The molecule has 0 heterocycles. The lowest BCUT2D eigenvalue weighted by atomic mass is 10.0. The van der Waals surface area contributed by atoms with E-state index in [1.165, 1.54) is 141 Å². The van der Waals surface area contributed by atoms with Crippen LogP contribution < -0.4 is 0 Å². The van der Waals surface area contributed by atoms with Crippen LogP contribution in [0.5, 0.6) is 0 Å². The number of hydrogen-bond donors (Lipinski definition) is 1. The Morgan fingerprint density at radius 3 is 1.00 bits per heavy atom. The normalized spacial score (nSPS) is 12.1. The largest absolute Gasteiger partial charge is 0.464 e. The number of rotatable bonds is 36. The van der Waals surface area contributed by atoms with Crippen molar-refractivity contribution in [3.63, 3.8) is 0 Å². The highest BCUT2D eigenvalue weighted by atomic mass is 16.5. The molecular formula is C39H77NO5. The number of ether oxygens (including phenoxy) is 2. The van der Waals surface area contributed by atoms with Crippen molar-refractivity contribution in [1.82, 2.24) is 4.90 Å². The Bertz CT molecular complexity index is 581. The molecule has 0 aromatic carbocycles. The monoisotopic (exact) mass is 640 g/mol. The molecule has 0 aromatic heterocycles. The molecule has 1 atom stereocenters. The van der Waals surface area contributed by atoms with Crippen molar-refractivity contribution in [3.05, 3.63) is 0 Å². The first-order valence-corrected chi connectivity index (χ1v) is 19.8. The third-order valence-corrected chi connectivity index (χ3v) is 9.04. The Hall–Kier alpha value is -1.14. The lowest BCUT2D eigenvalue weighted by Crippen LogP contribution is -2.40. The highest BCUT2D eigenvalue weighted by Gasteiger charge is 2.15. The third-order valence-electron chi connectivity index (χ3n) is 9.04. The molecule has 268 valence electrons. The SMILES string of the molecule is CCCCCCCCCCCCCCCC(=O)OCCN(CCOC(=O)CCCCCCCCCCCCCCC)C(O)CC. The van der Waals surface area contributed by atoms with E-state index in [0.717, 1.165) is 25.7 Å². The van der Waals surface area contributed by atoms with E-state index in [4.69, 9.17) is 9.47 Å². The van der Waals surface area contributed by atoms with Crippen LogP contribution in [0.15, 0.2) is 0 Å². The lowest BCUT2D eigenvalue weighted by Gasteiger charge is -2.26. The van der Waals surface area contributed by atoms with Gasteiger partial charge in [-0.1, -0.05) is 175 Å². The van der Waals surface area contributed by atoms with E-state index in [9.17, 15) is 14.7 Å². The average molecular weight is 640 g/mol. The first-order valence-electron chi connectivity index (χ1n) is 19.8. The number of nitrogens with zero attached hydrogens (tertiary/aromatic N) is 1. The summed E-state index contributed by atoms with van der Waals surface area (Å²) in [6, 6.07) is 0. The predicted molar refractivity (Wildman–Crippen MR) is 190 cm³/mol. The second-order valence-corrected chi connectivity index (χ2v) is 13.4. The van der Waals surface area contributed by atoms with Gasteiger partial charge in [0.15, 0.2) is 0 Å². The molecule has 6 nitrogen and oxygen atoms in total. The van der Waals surface area contributed by atoms with Crippen molar-refractivity contribution in [2.75, 3.05) is 26.3 Å². The number of aliphatic hydroxyl groups excluding tert-OH is 1. The highest BCUT2D eigenvalue weighted by molar-refractivity contribution is 5.69. The fourth-order valence-corrected chi connectivity index (χ4v) is 5.94. The summed E-state index contributed by atoms with van der Waals surface area (Å²) in [5, 5.41) is 10.4. The summed E-state index contributed by atoms with van der Waals surface area (Å²) < 4.78 is 10.9. The highest BCUT2D eigenvalue weighted by Crippen LogP contribution is 2.15. The minimum Gasteiger partial charge on any atom is -0.464 e. The summed E-state index contributed by atoms with van der Waals surface area (Å²) in [5.74, 6) is -0.318. The Morgan fingerprint density at radius 2 is 0.733 bits per heavy atom. The molecule has 0 aliphatic rings. The Balaban J connectivity index is 3.71. The van der Waals surface area contributed by atoms with Gasteiger partial charge >= 0.3 is 11.9 Å². The standard InChI is InChI=1S/C39H77NO5/c1-4-7-9-11-13-15-17-19-21-23-25-27-29-31-38(42)44-35-33-40(37(41)6-3)34-36-45-39(43)32-30-28-26-24-22-20-18-16-14-12-10-8-5-2/h37,41H,4-36H2,1-3H3. The average Bonchev–Trinajstić information content (AvgIpc) is 3.04. The molecule has 45 heavy (non-hydrogen) atoms. The van der Waals surface area contributed by atoms with Gasteiger partial charge in [0.2, 0.25) is 0 Å². The Kier molecular flexibility index (Phi) is 34.8. The first kappa shape index (κ1) is 43.9. The maximum atomic E-state index is 12.2. The molecule has 0 rings (SSSR count). The maximum Gasteiger partial charge on any atom is 0.305 e. The van der Waals surface area contributed by atoms with E-state index in [-0.39, 0.29) is 25.2 Å². The first-order chi connectivity index (χ1) is 22.0. The fourth-order valence-electron chi connectivity index (χ4n) is 5.94. The molecule has 0 aromatic rings. The van der Waals surface area contributed by atoms with Crippen LogP contribution in [0.1, 0.15) is 207 Å². The van der Waals surface area contributed by atoms with Crippen LogP contribution in [-0.4, -0.2) is 54.5 Å². The van der Waals surface area contributed by atoms with Crippen LogP contribution in [0, 0.1) is 0 Å². The summed E-state index contributed by atoms with van der Waals surface area (Å²) in [5.41, 5.74) is 0. The van der Waals surface area contributed by atoms with Crippen LogP contribution >= 0.6 is 0 Å². The van der Waals surface area contributed by atoms with Crippen LogP contribution in [-0.2, 0) is 19.1 Å². The van der Waals surface area contributed by atoms with Gasteiger partial charge in [-0.2, -0.15) is 0 Å². The van der Waals surface area contributed by atoms with Gasteiger partial charge in [0, 0.05) is 25.9 Å². The van der Waals surface area contributed by atoms with Gasteiger partial charge in [0.1, 0.15) is 19.4 Å². The van der Waals surface area contributed by atoms with Crippen molar-refractivity contribution in [2.24, 2.45) is 0 Å². The number of hydrogen-bond acceptors (Lipinski definition) is 6. The lowest BCUT2D eigenvalue weighted by molar-refractivity contribution is -0.146. The van der Waals surface area contributed by atoms with Crippen molar-refractivity contribution in [3.8, 4) is 0 Å². The van der Waals surface area contributed by atoms with Crippen LogP contribution in [0.3, 0.4) is 0 Å². The zero-order valence-electron chi connectivity index (χ0n) is 30.4. The molecule has 1 N–H and O–H groups in total. The fraction of sp³-hybridized carbons (Fsp3) is 0.949. The number of unbranched alkanes of at least 4 members (excludes halogenated alkanes) is 24. The second kappa shape index (κ2) is 35.7. The van der Waals surface area contributed by atoms with E-state index in [1.54, 1.807) is 0 Å². The van der Waals surface area contributed by atoms with E-state index in [2.05, 4.69) is 13.8 Å². The van der Waals surface area contributed by atoms with Crippen molar-refractivity contribution >= 4 is 11.9 Å². The maximum absolute atomic E-state index is 12.2. The van der Waals surface area contributed by atoms with Crippen LogP contribution in [0.25, 0.3) is 0 Å². The molecule has 0 bridgehead atoms. The number of esters is 2. The molecule has 1 unspecified atom stereocenters. The van der Waals surface area contributed by atoms with Crippen LogP contribution in [0.2, 0.25) is 0 Å². The van der Waals surface area contributed by atoms with Gasteiger partial charge in [-0.15, -0.1) is 0 Å². The van der Waals surface area contributed by atoms with Crippen LogP contribution in [0.4, 0.5) is 0 Å². The molecule has 0 aliphatic heterocycles. The van der Waals surface area contributed by atoms with E-state index < -0.39 is 6.23 Å². The summed E-state index contributed by atoms with van der Waals surface area (Å²) in [7, 11) is 0. The summed E-state index contributed by atoms with van der Waals surface area (Å²) in [6.45, 7) is 7.83. The van der Waals surface area contributed by atoms with E-state index in [0.29, 0.717) is 32.4 Å². The third kappa shape index (κ3) is 32.6. The van der Waals surface area contributed by atoms with Crippen molar-refractivity contribution in [2.45, 2.75) is 213 Å². The zero-order chi connectivity index (χ0) is 33.1. The smallest absolute Gasteiger partial charge is 0.305 e. The van der Waals surface area contributed by atoms with Crippen molar-refractivity contribution in [1.29, 1.82) is 0 Å². The number of aliphatic hydroxyl groups is 1. The summed E-state index contributed by atoms with van der Waals surface area (Å²) in [6.07, 6.45) is 34.3. The molecular weight excluding hydrogens is 562 g/mol. The van der Waals surface area contributed by atoms with Gasteiger partial charge in [0.05, 0.1) is 0 Å². The molecule has 0 saturated heterocycles. The minimum absolute atomic E-state index is 0.159. The zero-order valence-corrected chi connectivity index (χ0v) is 30.4. The predicted octanol–water partition coefficient (Wildman–Crippen LogP) is 11.1. The van der Waals surface area contributed by atoms with E-state index >= 15 is 0 Å². The Labute approximate surface area is 280 Å². The number of carbonyl (C=O) groups is 2. The Morgan fingerprint density at radius 1 is 0.467 bits per heavy atom. The molecule has 0 radical (unpaired) electrons. The minimum atomic E-state index is -0.635. The molecule has 0 spiro atoms. The van der Waals surface area contributed by atoms with Gasteiger partial charge in [-0.3, -0.25) is 14.5 Å². The van der Waals surface area contributed by atoms with Gasteiger partial charge < -0.3 is 14.6 Å². The molecule has 0 amide bonds. The van der Waals surface area contributed by atoms with Gasteiger partial charge in [-0.25, -0.2) is 0 Å². The van der Waals surface area contributed by atoms with Gasteiger partial charge in [0.25, 0.3) is 0 Å². The second-order valence-electron chi connectivity index (χ2n) is 13.4. The van der Waals surface area contributed by atoms with Crippen molar-refractivity contribution < 1.29 is 24.2 Å². The molecule has 6 heteroatoms. The topological polar surface area (TPSA) is 76.1 Å².